The van der Waals surface area contributed by atoms with Crippen LogP contribution in [0.4, 0.5) is 0 Å². The lowest BCUT2D eigenvalue weighted by atomic mass is 9.98. The maximum atomic E-state index is 13.1. The van der Waals surface area contributed by atoms with Gasteiger partial charge >= 0.3 is 0 Å². The number of halogens is 1. The Kier molecular flexibility index (Phi) is 5.45. The average Bonchev–Trinajstić information content (AvgIpc) is 3.15. The van der Waals surface area contributed by atoms with Crippen LogP contribution >= 0.6 is 11.6 Å². The molecule has 8 heteroatoms. The molecule has 0 radical (unpaired) electrons. The van der Waals surface area contributed by atoms with Crippen LogP contribution in [0, 0.1) is 6.92 Å². The van der Waals surface area contributed by atoms with Gasteiger partial charge in [-0.05, 0) is 36.2 Å². The Morgan fingerprint density at radius 2 is 1.73 bits per heavy atom. The van der Waals surface area contributed by atoms with Gasteiger partial charge in [0.05, 0.1) is 23.5 Å². The predicted octanol–water partition coefficient (Wildman–Crippen LogP) is 3.44. The van der Waals surface area contributed by atoms with E-state index in [0.29, 0.717) is 22.1 Å². The Morgan fingerprint density at radius 1 is 1.03 bits per heavy atom. The Hall–Kier alpha value is -3.71. The number of aromatic amines is 1. The summed E-state index contributed by atoms with van der Waals surface area (Å²) in [7, 11) is 0. The highest BCUT2D eigenvalue weighted by Gasteiger charge is 2.21. The van der Waals surface area contributed by atoms with Gasteiger partial charge in [-0.15, -0.1) is 0 Å². The van der Waals surface area contributed by atoms with E-state index in [1.165, 1.54) is 16.9 Å². The van der Waals surface area contributed by atoms with Gasteiger partial charge in [0.1, 0.15) is 0 Å². The molecule has 2 aromatic carbocycles. The van der Waals surface area contributed by atoms with Crippen molar-refractivity contribution in [3.8, 4) is 5.82 Å². The van der Waals surface area contributed by atoms with Crippen molar-refractivity contribution in [3.63, 3.8) is 0 Å². The SMILES string of the molecule is Cc1c(C(=O)N[C@H](c2ccccc2)c2ccc(Cl)cc2)cnn1-c1ccc(=O)[nH]n1. The van der Waals surface area contributed by atoms with Crippen molar-refractivity contribution in [1.82, 2.24) is 25.3 Å². The first-order valence-corrected chi connectivity index (χ1v) is 9.63. The minimum absolute atomic E-state index is 0.271. The van der Waals surface area contributed by atoms with Crippen molar-refractivity contribution in [2.45, 2.75) is 13.0 Å². The van der Waals surface area contributed by atoms with Gasteiger partial charge in [0, 0.05) is 11.1 Å². The van der Waals surface area contributed by atoms with E-state index in [9.17, 15) is 9.59 Å². The van der Waals surface area contributed by atoms with E-state index < -0.39 is 0 Å². The minimum Gasteiger partial charge on any atom is -0.341 e. The van der Waals surface area contributed by atoms with Gasteiger partial charge in [-0.25, -0.2) is 9.78 Å². The standard InChI is InChI=1S/C22H18ClN5O2/c1-14-18(13-24-28(14)19-11-12-20(29)27-26-19)22(30)25-21(15-5-3-2-4-6-15)16-7-9-17(23)10-8-16/h2-13,21H,1H3,(H,25,30)(H,27,29)/t21-/m1/s1. The fraction of sp³-hybridized carbons (Fsp3) is 0.0909. The molecule has 2 heterocycles. The zero-order valence-corrected chi connectivity index (χ0v) is 16.8. The summed E-state index contributed by atoms with van der Waals surface area (Å²) in [5, 5.41) is 14.3. The predicted molar refractivity (Wildman–Crippen MR) is 114 cm³/mol. The van der Waals surface area contributed by atoms with Gasteiger partial charge < -0.3 is 5.32 Å². The zero-order chi connectivity index (χ0) is 21.1. The van der Waals surface area contributed by atoms with Crippen molar-refractivity contribution in [2.75, 3.05) is 0 Å². The topological polar surface area (TPSA) is 92.7 Å². The van der Waals surface area contributed by atoms with E-state index in [1.807, 2.05) is 42.5 Å². The van der Waals surface area contributed by atoms with Crippen LogP contribution < -0.4 is 10.9 Å². The molecule has 0 bridgehead atoms. The quantitative estimate of drug-likeness (QED) is 0.518. The number of amides is 1. The molecule has 0 aliphatic carbocycles. The summed E-state index contributed by atoms with van der Waals surface area (Å²) >= 11 is 6.03. The third kappa shape index (κ3) is 4.01. The van der Waals surface area contributed by atoms with Gasteiger partial charge in [0.2, 0.25) is 0 Å². The van der Waals surface area contributed by atoms with E-state index in [0.717, 1.165) is 11.1 Å². The van der Waals surface area contributed by atoms with Crippen LogP contribution in [0.3, 0.4) is 0 Å². The molecule has 2 N–H and O–H groups in total. The van der Waals surface area contributed by atoms with Gasteiger partial charge in [-0.1, -0.05) is 54.1 Å². The van der Waals surface area contributed by atoms with Crippen molar-refractivity contribution in [1.29, 1.82) is 0 Å². The van der Waals surface area contributed by atoms with Gasteiger partial charge in [-0.2, -0.15) is 10.2 Å². The number of H-pyrrole nitrogens is 1. The highest BCUT2D eigenvalue weighted by molar-refractivity contribution is 6.30. The Bertz CT molecular complexity index is 1210. The van der Waals surface area contributed by atoms with Crippen LogP contribution in [0.2, 0.25) is 5.02 Å². The van der Waals surface area contributed by atoms with E-state index in [2.05, 4.69) is 20.6 Å². The fourth-order valence-corrected chi connectivity index (χ4v) is 3.31. The van der Waals surface area contributed by atoms with Crippen LogP contribution in [0.1, 0.15) is 33.2 Å². The number of carbonyl (C=O) groups is 1. The fourth-order valence-electron chi connectivity index (χ4n) is 3.19. The van der Waals surface area contributed by atoms with E-state index in [-0.39, 0.29) is 17.5 Å². The molecule has 1 amide bonds. The van der Waals surface area contributed by atoms with Crippen molar-refractivity contribution < 1.29 is 4.79 Å². The summed E-state index contributed by atoms with van der Waals surface area (Å²) in [5.41, 5.74) is 2.56. The molecule has 4 rings (SSSR count). The Morgan fingerprint density at radius 3 is 2.40 bits per heavy atom. The molecule has 2 aromatic heterocycles. The summed E-state index contributed by atoms with van der Waals surface area (Å²) in [6, 6.07) is 19.6. The lowest BCUT2D eigenvalue weighted by molar-refractivity contribution is 0.0942. The lowest BCUT2D eigenvalue weighted by Gasteiger charge is -2.20. The van der Waals surface area contributed by atoms with E-state index in [1.54, 1.807) is 25.1 Å². The molecule has 0 saturated carbocycles. The molecule has 7 nitrogen and oxygen atoms in total. The zero-order valence-electron chi connectivity index (χ0n) is 16.0. The van der Waals surface area contributed by atoms with Crippen LogP contribution in [-0.2, 0) is 0 Å². The summed E-state index contributed by atoms with van der Waals surface area (Å²) in [4.78, 5) is 24.4. The molecule has 150 valence electrons. The van der Waals surface area contributed by atoms with Crippen molar-refractivity contribution >= 4 is 17.5 Å². The number of nitrogens with one attached hydrogen (secondary N) is 2. The average molecular weight is 420 g/mol. The minimum atomic E-state index is -0.357. The van der Waals surface area contributed by atoms with Crippen LogP contribution in [0.15, 0.2) is 77.7 Å². The molecule has 0 spiro atoms. The molecule has 0 aliphatic heterocycles. The normalized spacial score (nSPS) is 11.8. The number of carbonyl (C=O) groups excluding carboxylic acids is 1. The second-order valence-corrected chi connectivity index (χ2v) is 7.14. The molecule has 0 fully saturated rings. The first kappa shape index (κ1) is 19.6. The van der Waals surface area contributed by atoms with Crippen LogP contribution in [-0.4, -0.2) is 25.9 Å². The van der Waals surface area contributed by atoms with Gasteiger partial charge in [0.15, 0.2) is 5.82 Å². The van der Waals surface area contributed by atoms with E-state index >= 15 is 0 Å². The highest BCUT2D eigenvalue weighted by Crippen LogP contribution is 2.24. The van der Waals surface area contributed by atoms with Gasteiger partial charge in [0.25, 0.3) is 11.5 Å². The first-order valence-electron chi connectivity index (χ1n) is 9.25. The van der Waals surface area contributed by atoms with Gasteiger partial charge in [-0.3, -0.25) is 9.59 Å². The molecule has 30 heavy (non-hydrogen) atoms. The number of benzene rings is 2. The number of hydrogen-bond donors (Lipinski definition) is 2. The van der Waals surface area contributed by atoms with Crippen LogP contribution in [0.5, 0.6) is 0 Å². The van der Waals surface area contributed by atoms with Crippen molar-refractivity contribution in [2.24, 2.45) is 0 Å². The second kappa shape index (κ2) is 8.34. The number of aromatic nitrogens is 4. The van der Waals surface area contributed by atoms with E-state index in [4.69, 9.17) is 11.6 Å². The summed E-state index contributed by atoms with van der Waals surface area (Å²) in [6.07, 6.45) is 1.49. The second-order valence-electron chi connectivity index (χ2n) is 6.70. The molecular formula is C22H18ClN5O2. The molecule has 1 atom stereocenters. The molecule has 0 aliphatic rings. The maximum absolute atomic E-state index is 13.1. The summed E-state index contributed by atoms with van der Waals surface area (Å²) in [6.45, 7) is 1.77. The molecule has 4 aromatic rings. The summed E-state index contributed by atoms with van der Waals surface area (Å²) in [5.74, 6) is 0.149. The Labute approximate surface area is 177 Å². The smallest absolute Gasteiger partial charge is 0.264 e. The third-order valence-corrected chi connectivity index (χ3v) is 5.00. The maximum Gasteiger partial charge on any atom is 0.264 e. The third-order valence-electron chi connectivity index (χ3n) is 4.75. The number of rotatable bonds is 5. The highest BCUT2D eigenvalue weighted by atomic mass is 35.5. The lowest BCUT2D eigenvalue weighted by Crippen LogP contribution is -2.29. The number of hydrogen-bond acceptors (Lipinski definition) is 4. The Balaban J connectivity index is 1.65. The monoisotopic (exact) mass is 419 g/mol. The van der Waals surface area contributed by atoms with Crippen molar-refractivity contribution in [3.05, 3.63) is 111 Å². The molecule has 0 saturated heterocycles. The molecular weight excluding hydrogens is 402 g/mol. The largest absolute Gasteiger partial charge is 0.341 e. The first-order chi connectivity index (χ1) is 14.5. The number of nitrogens with zero attached hydrogens (tertiary/aromatic N) is 3. The summed E-state index contributed by atoms with van der Waals surface area (Å²) < 4.78 is 1.50. The molecule has 0 unspecified atom stereocenters. The van der Waals surface area contributed by atoms with Crippen LogP contribution in [0.25, 0.3) is 5.82 Å².